The lowest BCUT2D eigenvalue weighted by Gasteiger charge is -2.53. The van der Waals surface area contributed by atoms with Gasteiger partial charge >= 0.3 is 0 Å². The molecule has 0 amide bonds. The highest BCUT2D eigenvalue weighted by molar-refractivity contribution is 6.28. The van der Waals surface area contributed by atoms with Gasteiger partial charge in [0.25, 0.3) is 0 Å². The third kappa shape index (κ3) is 5.47. The van der Waals surface area contributed by atoms with E-state index in [9.17, 15) is 14.3 Å². The number of Topliss-reactive ketones (excluding diaryl/α,β-unsaturated/α-hetero) is 1. The van der Waals surface area contributed by atoms with E-state index in [1.54, 1.807) is 25.3 Å². The van der Waals surface area contributed by atoms with Crippen molar-refractivity contribution in [2.75, 3.05) is 45.3 Å². The summed E-state index contributed by atoms with van der Waals surface area (Å²) in [5, 5.41) is 13.1. The van der Waals surface area contributed by atoms with Crippen molar-refractivity contribution in [2.24, 2.45) is 5.92 Å². The summed E-state index contributed by atoms with van der Waals surface area (Å²) in [7, 11) is 1.62. The number of methoxy groups -OCH3 is 1. The van der Waals surface area contributed by atoms with Crippen LogP contribution in [0.2, 0.25) is 5.28 Å². The van der Waals surface area contributed by atoms with E-state index in [0.29, 0.717) is 36.9 Å². The van der Waals surface area contributed by atoms with Gasteiger partial charge in [-0.25, -0.2) is 14.4 Å². The first-order valence-electron chi connectivity index (χ1n) is 13.5. The number of hydrogen-bond acceptors (Lipinski definition) is 8. The summed E-state index contributed by atoms with van der Waals surface area (Å²) in [5.74, 6) is 1.06. The number of fused-ring (bicyclic) bond motifs is 1. The van der Waals surface area contributed by atoms with Crippen molar-refractivity contribution >= 4 is 23.2 Å². The molecule has 210 valence electrons. The summed E-state index contributed by atoms with van der Waals surface area (Å²) in [4.78, 5) is 24.4. The van der Waals surface area contributed by atoms with E-state index in [-0.39, 0.29) is 23.0 Å². The van der Waals surface area contributed by atoms with Crippen LogP contribution >= 0.6 is 11.6 Å². The van der Waals surface area contributed by atoms with Crippen LogP contribution in [0.25, 0.3) is 0 Å². The molecule has 39 heavy (non-hydrogen) atoms. The summed E-state index contributed by atoms with van der Waals surface area (Å²) in [6, 6.07) is 7.20. The SMILES string of the molecule is C=CC(F)(CO)c1cccc([C@@H](C)Nc2nc(Cl)nc3c2CC(CCC(=O)C2(OC)CN(C4COC4)C2)C3)c1. The minimum Gasteiger partial charge on any atom is -0.392 e. The van der Waals surface area contributed by atoms with Gasteiger partial charge in [-0.15, -0.1) is 0 Å². The third-order valence-electron chi connectivity index (χ3n) is 8.55. The summed E-state index contributed by atoms with van der Waals surface area (Å²) >= 11 is 6.28. The Hall–Kier alpha value is -2.43. The fourth-order valence-electron chi connectivity index (χ4n) is 5.75. The number of ether oxygens (including phenoxy) is 2. The maximum atomic E-state index is 15.0. The van der Waals surface area contributed by atoms with E-state index in [4.69, 9.17) is 21.1 Å². The number of anilines is 1. The molecule has 3 atom stereocenters. The van der Waals surface area contributed by atoms with Crippen LogP contribution in [-0.4, -0.2) is 77.4 Å². The second-order valence-corrected chi connectivity index (χ2v) is 11.4. The second kappa shape index (κ2) is 11.2. The van der Waals surface area contributed by atoms with Crippen molar-refractivity contribution in [1.82, 2.24) is 14.9 Å². The fourth-order valence-corrected chi connectivity index (χ4v) is 5.94. The molecule has 5 rings (SSSR count). The van der Waals surface area contributed by atoms with E-state index < -0.39 is 17.9 Å². The smallest absolute Gasteiger partial charge is 0.224 e. The Morgan fingerprint density at radius 1 is 1.41 bits per heavy atom. The van der Waals surface area contributed by atoms with Crippen molar-refractivity contribution < 1.29 is 23.8 Å². The maximum Gasteiger partial charge on any atom is 0.224 e. The summed E-state index contributed by atoms with van der Waals surface area (Å²) in [5.41, 5.74) is 0.353. The number of ketones is 1. The first-order valence-corrected chi connectivity index (χ1v) is 13.8. The van der Waals surface area contributed by atoms with E-state index >= 15 is 0 Å². The predicted octanol–water partition coefficient (Wildman–Crippen LogP) is 3.81. The number of rotatable bonds is 12. The summed E-state index contributed by atoms with van der Waals surface area (Å²) in [6.45, 7) is 7.52. The highest BCUT2D eigenvalue weighted by atomic mass is 35.5. The van der Waals surface area contributed by atoms with Gasteiger partial charge in [0.2, 0.25) is 5.28 Å². The maximum absolute atomic E-state index is 15.0. The Labute approximate surface area is 233 Å². The molecule has 0 bridgehead atoms. The van der Waals surface area contributed by atoms with E-state index in [0.717, 1.165) is 55.4 Å². The number of nitrogens with zero attached hydrogens (tertiary/aromatic N) is 3. The average Bonchev–Trinajstić information content (AvgIpc) is 3.30. The summed E-state index contributed by atoms with van der Waals surface area (Å²) < 4.78 is 26.0. The average molecular weight is 559 g/mol. The van der Waals surface area contributed by atoms with Crippen LogP contribution < -0.4 is 5.32 Å². The highest BCUT2D eigenvalue weighted by Gasteiger charge is 2.52. The quantitative estimate of drug-likeness (QED) is 0.300. The number of nitrogens with one attached hydrogen (secondary N) is 1. The van der Waals surface area contributed by atoms with Crippen LogP contribution in [0.3, 0.4) is 0 Å². The molecule has 2 aliphatic heterocycles. The van der Waals surface area contributed by atoms with E-state index in [1.165, 1.54) is 0 Å². The molecule has 0 radical (unpaired) electrons. The molecule has 0 saturated carbocycles. The molecule has 3 aliphatic rings. The zero-order valence-corrected chi connectivity index (χ0v) is 23.2. The van der Waals surface area contributed by atoms with E-state index in [2.05, 4.69) is 26.8 Å². The molecule has 2 N–H and O–H groups in total. The van der Waals surface area contributed by atoms with Crippen LogP contribution in [0.5, 0.6) is 0 Å². The molecule has 8 nitrogen and oxygen atoms in total. The molecule has 10 heteroatoms. The molecule has 2 aromatic rings. The largest absolute Gasteiger partial charge is 0.392 e. The number of benzene rings is 1. The number of halogens is 2. The minimum absolute atomic E-state index is 0.153. The Balaban J connectivity index is 1.22. The Morgan fingerprint density at radius 3 is 2.82 bits per heavy atom. The number of carbonyl (C=O) groups is 1. The van der Waals surface area contributed by atoms with Gasteiger partial charge in [-0.3, -0.25) is 9.69 Å². The number of aromatic nitrogens is 2. The molecule has 2 fully saturated rings. The fraction of sp³-hybridized carbons (Fsp3) is 0.552. The lowest BCUT2D eigenvalue weighted by molar-refractivity contribution is -0.188. The number of hydrogen-bond donors (Lipinski definition) is 2. The zero-order chi connectivity index (χ0) is 27.8. The van der Waals surface area contributed by atoms with Gasteiger partial charge in [-0.1, -0.05) is 30.8 Å². The van der Waals surface area contributed by atoms with Crippen molar-refractivity contribution in [3.8, 4) is 0 Å². The van der Waals surface area contributed by atoms with Crippen molar-refractivity contribution in [2.45, 2.75) is 56.0 Å². The molecule has 1 aliphatic carbocycles. The van der Waals surface area contributed by atoms with Crippen molar-refractivity contribution in [3.05, 3.63) is 64.6 Å². The lowest BCUT2D eigenvalue weighted by atomic mass is 9.83. The molecular weight excluding hydrogens is 523 g/mol. The minimum atomic E-state index is -2.01. The molecule has 2 unspecified atom stereocenters. The first kappa shape index (κ1) is 28.1. The topological polar surface area (TPSA) is 96.8 Å². The van der Waals surface area contributed by atoms with Crippen LogP contribution in [0.1, 0.15) is 48.2 Å². The van der Waals surface area contributed by atoms with Gasteiger partial charge < -0.3 is 19.9 Å². The van der Waals surface area contributed by atoms with Gasteiger partial charge in [-0.05, 0) is 60.9 Å². The first-order chi connectivity index (χ1) is 18.7. The summed E-state index contributed by atoms with van der Waals surface area (Å²) in [6.07, 6.45) is 3.78. The number of likely N-dealkylation sites (tertiary alicyclic amines) is 1. The van der Waals surface area contributed by atoms with Crippen LogP contribution in [0.15, 0.2) is 36.9 Å². The van der Waals surface area contributed by atoms with E-state index in [1.807, 2.05) is 13.0 Å². The number of alkyl halides is 1. The standard InChI is InChI=1S/C29H36ClFN4O4/c1-4-28(31,17-36)21-7-5-6-20(12-21)18(2)32-26-23-10-19(11-24(23)33-27(30)34-26)8-9-25(37)29(38-3)15-35(16-29)22-13-39-14-22/h4-7,12,18-19,22,36H,1,8-11,13-17H2,2-3H3,(H,32,33,34)/t18-,19?,28?/m1/s1. The second-order valence-electron chi connectivity index (χ2n) is 11.0. The van der Waals surface area contributed by atoms with Crippen LogP contribution in [0, 0.1) is 5.92 Å². The number of aliphatic hydroxyl groups is 1. The number of carbonyl (C=O) groups excluding carboxylic acids is 1. The number of aliphatic hydroxyl groups excluding tert-OH is 1. The lowest BCUT2D eigenvalue weighted by Crippen LogP contribution is -2.71. The van der Waals surface area contributed by atoms with Gasteiger partial charge in [0.1, 0.15) is 5.82 Å². The molecule has 1 aromatic heterocycles. The zero-order valence-electron chi connectivity index (χ0n) is 22.5. The van der Waals surface area contributed by atoms with Crippen molar-refractivity contribution in [1.29, 1.82) is 0 Å². The predicted molar refractivity (Wildman–Crippen MR) is 147 cm³/mol. The van der Waals surface area contributed by atoms with Gasteiger partial charge in [0.15, 0.2) is 17.1 Å². The van der Waals surface area contributed by atoms with Gasteiger partial charge in [0, 0.05) is 38.2 Å². The van der Waals surface area contributed by atoms with Gasteiger partial charge in [0.05, 0.1) is 31.6 Å². The molecular formula is C29H36ClFN4O4. The third-order valence-corrected chi connectivity index (χ3v) is 8.72. The van der Waals surface area contributed by atoms with Crippen LogP contribution in [-0.2, 0) is 32.8 Å². The monoisotopic (exact) mass is 558 g/mol. The molecule has 3 heterocycles. The van der Waals surface area contributed by atoms with Crippen molar-refractivity contribution in [3.63, 3.8) is 0 Å². The van der Waals surface area contributed by atoms with Crippen LogP contribution in [0.4, 0.5) is 10.2 Å². The Kier molecular flexibility index (Phi) is 8.08. The highest BCUT2D eigenvalue weighted by Crippen LogP contribution is 2.37. The Morgan fingerprint density at radius 2 is 2.18 bits per heavy atom. The molecule has 2 saturated heterocycles. The van der Waals surface area contributed by atoms with Gasteiger partial charge in [-0.2, -0.15) is 0 Å². The molecule has 0 spiro atoms. The Bertz CT molecular complexity index is 1240. The normalized spacial score (nSPS) is 22.7. The molecule has 1 aromatic carbocycles.